The molecule has 0 saturated heterocycles. The van der Waals surface area contributed by atoms with Gasteiger partial charge in [-0.25, -0.2) is 15.0 Å². The summed E-state index contributed by atoms with van der Waals surface area (Å²) in [6, 6.07) is 3.85. The van der Waals surface area contributed by atoms with Gasteiger partial charge in [-0.1, -0.05) is 13.8 Å². The van der Waals surface area contributed by atoms with Crippen LogP contribution in [0.2, 0.25) is 0 Å². The third-order valence-corrected chi connectivity index (χ3v) is 4.18. The summed E-state index contributed by atoms with van der Waals surface area (Å²) in [5.74, 6) is 0.812. The fourth-order valence-electron chi connectivity index (χ4n) is 2.49. The molecule has 5 heteroatoms. The molecule has 108 valence electrons. The highest BCUT2D eigenvalue weighted by Crippen LogP contribution is 2.31. The summed E-state index contributed by atoms with van der Waals surface area (Å²) < 4.78 is 0. The smallest absolute Gasteiger partial charge is 0.164 e. The highest BCUT2D eigenvalue weighted by Gasteiger charge is 2.25. The number of rotatable bonds is 7. The molecule has 0 aliphatic carbocycles. The minimum absolute atomic E-state index is 0.105. The lowest BCUT2D eigenvalue weighted by atomic mass is 9.79. The van der Waals surface area contributed by atoms with Gasteiger partial charge >= 0.3 is 0 Å². The SMILES string of the molecule is CCC(CC)(CCO)CNc1ncnc2ncccc12. The first-order valence-electron chi connectivity index (χ1n) is 7.15. The van der Waals surface area contributed by atoms with Crippen LogP contribution in [0.15, 0.2) is 24.7 Å². The van der Waals surface area contributed by atoms with Crippen LogP contribution in [0.3, 0.4) is 0 Å². The Hall–Kier alpha value is -1.75. The van der Waals surface area contributed by atoms with Crippen LogP contribution in [0.5, 0.6) is 0 Å². The number of fused-ring (bicyclic) bond motifs is 1. The summed E-state index contributed by atoms with van der Waals surface area (Å²) >= 11 is 0. The Morgan fingerprint density at radius 3 is 2.70 bits per heavy atom. The summed E-state index contributed by atoms with van der Waals surface area (Å²) in [5.41, 5.74) is 0.805. The van der Waals surface area contributed by atoms with E-state index in [1.807, 2.05) is 12.1 Å². The number of pyridine rings is 1. The van der Waals surface area contributed by atoms with E-state index >= 15 is 0 Å². The number of nitrogens with zero attached hydrogens (tertiary/aromatic N) is 3. The van der Waals surface area contributed by atoms with Crippen molar-refractivity contribution in [3.8, 4) is 0 Å². The lowest BCUT2D eigenvalue weighted by Crippen LogP contribution is -2.30. The molecule has 0 atom stereocenters. The third-order valence-electron chi connectivity index (χ3n) is 4.18. The van der Waals surface area contributed by atoms with Crippen LogP contribution in [-0.4, -0.2) is 33.2 Å². The van der Waals surface area contributed by atoms with Crippen molar-refractivity contribution in [1.82, 2.24) is 15.0 Å². The molecule has 0 aliphatic heterocycles. The third kappa shape index (κ3) is 3.04. The first-order valence-corrected chi connectivity index (χ1v) is 7.15. The molecule has 0 radical (unpaired) electrons. The van der Waals surface area contributed by atoms with Crippen molar-refractivity contribution in [2.45, 2.75) is 33.1 Å². The molecule has 2 heterocycles. The Bertz CT molecular complexity index is 549. The van der Waals surface area contributed by atoms with Gasteiger partial charge in [-0.05, 0) is 36.8 Å². The van der Waals surface area contributed by atoms with Crippen LogP contribution in [-0.2, 0) is 0 Å². The zero-order valence-corrected chi connectivity index (χ0v) is 12.1. The second-order valence-electron chi connectivity index (χ2n) is 5.13. The second-order valence-corrected chi connectivity index (χ2v) is 5.13. The van der Waals surface area contributed by atoms with E-state index in [2.05, 4.69) is 34.1 Å². The van der Waals surface area contributed by atoms with E-state index < -0.39 is 0 Å². The van der Waals surface area contributed by atoms with Crippen molar-refractivity contribution in [3.63, 3.8) is 0 Å². The van der Waals surface area contributed by atoms with Crippen molar-refractivity contribution in [2.24, 2.45) is 5.41 Å². The van der Waals surface area contributed by atoms with E-state index in [-0.39, 0.29) is 12.0 Å². The monoisotopic (exact) mass is 274 g/mol. The zero-order chi connectivity index (χ0) is 14.4. The van der Waals surface area contributed by atoms with Gasteiger partial charge in [0.05, 0.1) is 5.39 Å². The lowest BCUT2D eigenvalue weighted by Gasteiger charge is -2.31. The zero-order valence-electron chi connectivity index (χ0n) is 12.1. The van der Waals surface area contributed by atoms with Gasteiger partial charge in [0.15, 0.2) is 5.65 Å². The average molecular weight is 274 g/mol. The Labute approximate surface area is 119 Å². The molecule has 0 unspecified atom stereocenters. The quantitative estimate of drug-likeness (QED) is 0.812. The van der Waals surface area contributed by atoms with Gasteiger partial charge in [-0.2, -0.15) is 0 Å². The number of aliphatic hydroxyl groups excluding tert-OH is 1. The minimum atomic E-state index is 0.105. The lowest BCUT2D eigenvalue weighted by molar-refractivity contribution is 0.179. The minimum Gasteiger partial charge on any atom is -0.396 e. The summed E-state index contributed by atoms with van der Waals surface area (Å²) in [4.78, 5) is 12.7. The van der Waals surface area contributed by atoms with Gasteiger partial charge in [-0.15, -0.1) is 0 Å². The first-order chi connectivity index (χ1) is 9.74. The van der Waals surface area contributed by atoms with E-state index in [1.165, 1.54) is 6.33 Å². The second kappa shape index (κ2) is 6.61. The first kappa shape index (κ1) is 14.7. The maximum atomic E-state index is 9.27. The van der Waals surface area contributed by atoms with Crippen LogP contribution in [0.4, 0.5) is 5.82 Å². The number of aromatic nitrogens is 3. The summed E-state index contributed by atoms with van der Waals surface area (Å²) in [6.07, 6.45) is 6.11. The van der Waals surface area contributed by atoms with Crippen molar-refractivity contribution in [3.05, 3.63) is 24.7 Å². The molecule has 5 nitrogen and oxygen atoms in total. The van der Waals surface area contributed by atoms with Crippen LogP contribution >= 0.6 is 0 Å². The molecule has 2 aromatic rings. The molecule has 0 saturated carbocycles. The Morgan fingerprint density at radius 1 is 1.20 bits per heavy atom. The molecule has 0 aromatic carbocycles. The molecule has 2 N–H and O–H groups in total. The molecule has 0 amide bonds. The van der Waals surface area contributed by atoms with E-state index in [0.717, 1.165) is 37.0 Å². The Morgan fingerprint density at radius 2 is 2.00 bits per heavy atom. The Balaban J connectivity index is 2.20. The topological polar surface area (TPSA) is 70.9 Å². The van der Waals surface area contributed by atoms with Crippen LogP contribution in [0, 0.1) is 5.41 Å². The van der Waals surface area contributed by atoms with Crippen molar-refractivity contribution < 1.29 is 5.11 Å². The molecule has 0 aliphatic rings. The summed E-state index contributed by atoms with van der Waals surface area (Å²) in [6.45, 7) is 5.35. The summed E-state index contributed by atoms with van der Waals surface area (Å²) in [5, 5.41) is 13.6. The fraction of sp³-hybridized carbons (Fsp3) is 0.533. The average Bonchev–Trinajstić information content (AvgIpc) is 2.51. The molecule has 0 fully saturated rings. The van der Waals surface area contributed by atoms with Gasteiger partial charge in [0, 0.05) is 19.3 Å². The predicted octanol–water partition coefficient (Wildman–Crippen LogP) is 2.63. The largest absolute Gasteiger partial charge is 0.396 e. The highest BCUT2D eigenvalue weighted by molar-refractivity contribution is 5.85. The van der Waals surface area contributed by atoms with Gasteiger partial charge < -0.3 is 10.4 Å². The van der Waals surface area contributed by atoms with E-state index in [0.29, 0.717) is 5.65 Å². The Kier molecular flexibility index (Phi) is 4.84. The molecule has 0 spiro atoms. The van der Waals surface area contributed by atoms with Crippen molar-refractivity contribution >= 4 is 16.9 Å². The number of nitrogens with one attached hydrogen (secondary N) is 1. The molecule has 2 rings (SSSR count). The van der Waals surface area contributed by atoms with Gasteiger partial charge in [0.2, 0.25) is 0 Å². The maximum Gasteiger partial charge on any atom is 0.164 e. The molecule has 0 bridgehead atoms. The van der Waals surface area contributed by atoms with Gasteiger partial charge in [0.25, 0.3) is 0 Å². The fourth-order valence-corrected chi connectivity index (χ4v) is 2.49. The maximum absolute atomic E-state index is 9.27. The van der Waals surface area contributed by atoms with E-state index in [9.17, 15) is 5.11 Å². The van der Waals surface area contributed by atoms with E-state index in [4.69, 9.17) is 0 Å². The van der Waals surface area contributed by atoms with Crippen LogP contribution in [0.1, 0.15) is 33.1 Å². The predicted molar refractivity (Wildman–Crippen MR) is 80.5 cm³/mol. The molecule has 20 heavy (non-hydrogen) atoms. The van der Waals surface area contributed by atoms with Gasteiger partial charge in [-0.3, -0.25) is 0 Å². The van der Waals surface area contributed by atoms with Crippen LogP contribution < -0.4 is 5.32 Å². The van der Waals surface area contributed by atoms with Gasteiger partial charge in [0.1, 0.15) is 12.1 Å². The number of aliphatic hydroxyl groups is 1. The van der Waals surface area contributed by atoms with Crippen molar-refractivity contribution in [2.75, 3.05) is 18.5 Å². The number of hydrogen-bond acceptors (Lipinski definition) is 5. The standard InChI is InChI=1S/C15H22N4O/c1-3-15(4-2,7-9-20)10-17-14-12-6-5-8-16-13(12)18-11-19-14/h5-6,8,11,20H,3-4,7,9-10H2,1-2H3,(H,16,17,18,19). The number of anilines is 1. The van der Waals surface area contributed by atoms with E-state index in [1.54, 1.807) is 6.20 Å². The molecular weight excluding hydrogens is 252 g/mol. The molecular formula is C15H22N4O. The normalized spacial score (nSPS) is 11.8. The highest BCUT2D eigenvalue weighted by atomic mass is 16.3. The number of hydrogen-bond donors (Lipinski definition) is 2. The summed E-state index contributed by atoms with van der Waals surface area (Å²) in [7, 11) is 0. The van der Waals surface area contributed by atoms with Crippen molar-refractivity contribution in [1.29, 1.82) is 0 Å². The van der Waals surface area contributed by atoms with Crippen LogP contribution in [0.25, 0.3) is 11.0 Å². The molecule has 2 aromatic heterocycles.